The van der Waals surface area contributed by atoms with Crippen molar-refractivity contribution in [2.45, 2.75) is 13.8 Å². The topological polar surface area (TPSA) is 63.4 Å². The average molecular weight is 242 g/mol. The van der Waals surface area contributed by atoms with E-state index in [1.54, 1.807) is 18.2 Å². The molecule has 0 saturated heterocycles. The van der Waals surface area contributed by atoms with Gasteiger partial charge in [-0.25, -0.2) is 0 Å². The van der Waals surface area contributed by atoms with Gasteiger partial charge >= 0.3 is 0 Å². The Kier molecular flexibility index (Phi) is 3.02. The van der Waals surface area contributed by atoms with Gasteiger partial charge in [-0.2, -0.15) is 0 Å². The number of amides is 2. The minimum absolute atomic E-state index is 0.294. The molecule has 4 nitrogen and oxygen atoms in total. The number of hydrogen-bond donors (Lipinski definition) is 1. The Labute approximate surface area is 105 Å². The monoisotopic (exact) mass is 242 g/mol. The molecule has 0 radical (unpaired) electrons. The number of rotatable bonds is 1. The Balaban J connectivity index is 2.55. The number of hydrogen-bond acceptors (Lipinski definition) is 3. The summed E-state index contributed by atoms with van der Waals surface area (Å²) in [5, 5.41) is 1.92. The third-order valence-corrected chi connectivity index (χ3v) is 2.74. The van der Waals surface area contributed by atoms with Crippen LogP contribution in [0.25, 0.3) is 10.8 Å². The molecule has 18 heavy (non-hydrogen) atoms. The number of fused-ring (bicyclic) bond motifs is 1. The minimum atomic E-state index is -0.294. The highest BCUT2D eigenvalue weighted by molar-refractivity contribution is 6.14. The van der Waals surface area contributed by atoms with E-state index in [1.165, 1.54) is 13.8 Å². The maximum atomic E-state index is 11.5. The average Bonchev–Trinajstić information content (AvgIpc) is 2.28. The third-order valence-electron chi connectivity index (χ3n) is 2.74. The van der Waals surface area contributed by atoms with Gasteiger partial charge in [-0.05, 0) is 35.0 Å². The van der Waals surface area contributed by atoms with Crippen LogP contribution in [0.15, 0.2) is 36.4 Å². The van der Waals surface area contributed by atoms with Crippen molar-refractivity contribution in [1.29, 1.82) is 0 Å². The van der Waals surface area contributed by atoms with Gasteiger partial charge < -0.3 is 5.73 Å². The number of nitrogen functional groups attached to an aromatic ring is 1. The fraction of sp³-hybridized carbons (Fsp3) is 0.143. The lowest BCUT2D eigenvalue weighted by atomic mass is 10.1. The van der Waals surface area contributed by atoms with Crippen molar-refractivity contribution in [3.63, 3.8) is 0 Å². The summed E-state index contributed by atoms with van der Waals surface area (Å²) < 4.78 is 0. The Morgan fingerprint density at radius 3 is 2.11 bits per heavy atom. The van der Waals surface area contributed by atoms with Gasteiger partial charge in [0.2, 0.25) is 11.8 Å². The number of benzene rings is 2. The molecule has 0 bridgehead atoms. The van der Waals surface area contributed by atoms with E-state index in [0.717, 1.165) is 15.7 Å². The number of nitrogens with zero attached hydrogens (tertiary/aromatic N) is 1. The molecule has 0 heterocycles. The molecule has 0 aliphatic carbocycles. The van der Waals surface area contributed by atoms with Crippen LogP contribution in [0, 0.1) is 0 Å². The Hall–Kier alpha value is -2.36. The van der Waals surface area contributed by atoms with Crippen LogP contribution in [0.3, 0.4) is 0 Å². The molecule has 2 aromatic rings. The summed E-state index contributed by atoms with van der Waals surface area (Å²) in [6.45, 7) is 2.74. The molecule has 2 aromatic carbocycles. The predicted molar refractivity (Wildman–Crippen MR) is 72.2 cm³/mol. The molecule has 92 valence electrons. The summed E-state index contributed by atoms with van der Waals surface area (Å²) in [6.07, 6.45) is 0. The van der Waals surface area contributed by atoms with Crippen LogP contribution < -0.4 is 10.6 Å². The lowest BCUT2D eigenvalue weighted by Crippen LogP contribution is -2.32. The highest BCUT2D eigenvalue weighted by atomic mass is 16.2. The Morgan fingerprint density at radius 2 is 1.50 bits per heavy atom. The van der Waals surface area contributed by atoms with E-state index >= 15 is 0 Å². The molecule has 0 atom stereocenters. The first-order chi connectivity index (χ1) is 8.49. The van der Waals surface area contributed by atoms with Crippen LogP contribution in [0.5, 0.6) is 0 Å². The van der Waals surface area contributed by atoms with Crippen LogP contribution in [-0.2, 0) is 9.59 Å². The smallest absolute Gasteiger partial charge is 0.230 e. The number of anilines is 2. The largest absolute Gasteiger partial charge is 0.399 e. The normalized spacial score (nSPS) is 10.3. The van der Waals surface area contributed by atoms with E-state index in [2.05, 4.69) is 0 Å². The summed E-state index contributed by atoms with van der Waals surface area (Å²) in [4.78, 5) is 24.1. The van der Waals surface area contributed by atoms with Gasteiger partial charge in [0, 0.05) is 19.5 Å². The summed E-state index contributed by atoms with van der Waals surface area (Å²) in [5.41, 5.74) is 6.96. The van der Waals surface area contributed by atoms with Crippen molar-refractivity contribution < 1.29 is 9.59 Å². The molecule has 0 spiro atoms. The van der Waals surface area contributed by atoms with E-state index in [1.807, 2.05) is 18.2 Å². The number of carbonyl (C=O) groups is 2. The molecular formula is C14H14N2O2. The first-order valence-electron chi connectivity index (χ1n) is 5.59. The summed E-state index contributed by atoms with van der Waals surface area (Å²) >= 11 is 0. The Morgan fingerprint density at radius 1 is 0.944 bits per heavy atom. The van der Waals surface area contributed by atoms with E-state index in [9.17, 15) is 9.59 Å². The van der Waals surface area contributed by atoms with Crippen LogP contribution in [0.1, 0.15) is 13.8 Å². The molecule has 2 rings (SSSR count). The maximum Gasteiger partial charge on any atom is 0.230 e. The molecule has 0 aliphatic heterocycles. The first-order valence-corrected chi connectivity index (χ1v) is 5.59. The third kappa shape index (κ3) is 2.18. The second kappa shape index (κ2) is 4.49. The quantitative estimate of drug-likeness (QED) is 0.780. The lowest BCUT2D eigenvalue weighted by Gasteiger charge is -2.17. The van der Waals surface area contributed by atoms with Gasteiger partial charge in [0.15, 0.2) is 0 Å². The standard InChI is InChI=1S/C14H14N2O2/c1-9(17)16(10(2)18)14-6-4-11-7-13(15)5-3-12(11)8-14/h3-8H,15H2,1-2H3. The van der Waals surface area contributed by atoms with E-state index < -0.39 is 0 Å². The second-order valence-electron chi connectivity index (χ2n) is 4.16. The summed E-state index contributed by atoms with van der Waals surface area (Å²) in [6, 6.07) is 10.9. The van der Waals surface area contributed by atoms with Crippen molar-refractivity contribution in [3.05, 3.63) is 36.4 Å². The van der Waals surface area contributed by atoms with Gasteiger partial charge in [0.1, 0.15) is 0 Å². The SMILES string of the molecule is CC(=O)N(C(C)=O)c1ccc2cc(N)ccc2c1. The predicted octanol–water partition coefficient (Wildman–Crippen LogP) is 2.32. The molecule has 0 unspecified atom stereocenters. The molecule has 2 amide bonds. The van der Waals surface area contributed by atoms with Gasteiger partial charge in [0.05, 0.1) is 5.69 Å². The molecule has 0 fully saturated rings. The first kappa shape index (κ1) is 12.1. The number of nitrogens with two attached hydrogens (primary N) is 1. The van der Waals surface area contributed by atoms with Gasteiger partial charge in [-0.3, -0.25) is 14.5 Å². The van der Waals surface area contributed by atoms with Crippen molar-refractivity contribution in [1.82, 2.24) is 0 Å². The van der Waals surface area contributed by atoms with E-state index in [-0.39, 0.29) is 11.8 Å². The van der Waals surface area contributed by atoms with Crippen LogP contribution in [0.2, 0.25) is 0 Å². The zero-order valence-electron chi connectivity index (χ0n) is 10.3. The maximum absolute atomic E-state index is 11.5. The Bertz CT molecular complexity index is 621. The van der Waals surface area contributed by atoms with Crippen LogP contribution in [0.4, 0.5) is 11.4 Å². The zero-order chi connectivity index (χ0) is 13.3. The van der Waals surface area contributed by atoms with Gasteiger partial charge in [-0.15, -0.1) is 0 Å². The van der Waals surface area contributed by atoms with Crippen molar-refractivity contribution in [3.8, 4) is 0 Å². The van der Waals surface area contributed by atoms with E-state index in [0.29, 0.717) is 11.4 Å². The molecule has 0 aromatic heterocycles. The van der Waals surface area contributed by atoms with Gasteiger partial charge in [0.25, 0.3) is 0 Å². The van der Waals surface area contributed by atoms with Gasteiger partial charge in [-0.1, -0.05) is 12.1 Å². The highest BCUT2D eigenvalue weighted by Crippen LogP contribution is 2.24. The molecule has 4 heteroatoms. The molecular weight excluding hydrogens is 228 g/mol. The minimum Gasteiger partial charge on any atom is -0.399 e. The lowest BCUT2D eigenvalue weighted by molar-refractivity contribution is -0.124. The van der Waals surface area contributed by atoms with Crippen molar-refractivity contribution >= 4 is 34.0 Å². The fourth-order valence-corrected chi connectivity index (χ4v) is 1.98. The van der Waals surface area contributed by atoms with Crippen LogP contribution in [-0.4, -0.2) is 11.8 Å². The second-order valence-corrected chi connectivity index (χ2v) is 4.16. The summed E-state index contributed by atoms with van der Waals surface area (Å²) in [7, 11) is 0. The molecule has 0 aliphatic rings. The van der Waals surface area contributed by atoms with Crippen LogP contribution >= 0.6 is 0 Å². The fourth-order valence-electron chi connectivity index (χ4n) is 1.98. The zero-order valence-corrected chi connectivity index (χ0v) is 10.3. The molecule has 2 N–H and O–H groups in total. The summed E-state index contributed by atoms with van der Waals surface area (Å²) in [5.74, 6) is -0.588. The van der Waals surface area contributed by atoms with Crippen molar-refractivity contribution in [2.24, 2.45) is 0 Å². The van der Waals surface area contributed by atoms with Crippen molar-refractivity contribution in [2.75, 3.05) is 10.6 Å². The number of carbonyl (C=O) groups excluding carboxylic acids is 2. The highest BCUT2D eigenvalue weighted by Gasteiger charge is 2.16. The molecule has 0 saturated carbocycles. The number of imide groups is 1. The van der Waals surface area contributed by atoms with E-state index in [4.69, 9.17) is 5.73 Å².